The van der Waals surface area contributed by atoms with Gasteiger partial charge in [-0.15, -0.1) is 0 Å². The number of aryl methyl sites for hydroxylation is 2. The van der Waals surface area contributed by atoms with Crippen LogP contribution in [-0.4, -0.2) is 19.2 Å². The molecule has 3 aromatic heterocycles. The van der Waals surface area contributed by atoms with E-state index < -0.39 is 0 Å². The van der Waals surface area contributed by atoms with Crippen molar-refractivity contribution in [1.82, 2.24) is 19.2 Å². The van der Waals surface area contributed by atoms with Gasteiger partial charge in [0.2, 0.25) is 0 Å². The summed E-state index contributed by atoms with van der Waals surface area (Å²) in [7, 11) is 0. The summed E-state index contributed by atoms with van der Waals surface area (Å²) in [4.78, 5) is 16.9. The van der Waals surface area contributed by atoms with E-state index in [2.05, 4.69) is 10.1 Å². The van der Waals surface area contributed by atoms with Crippen LogP contribution in [0.3, 0.4) is 0 Å². The predicted octanol–water partition coefficient (Wildman–Crippen LogP) is 2.29. The Labute approximate surface area is 126 Å². The Kier molecular flexibility index (Phi) is 2.96. The second-order valence-corrected chi connectivity index (χ2v) is 5.21. The molecule has 0 unspecified atom stereocenters. The van der Waals surface area contributed by atoms with Crippen molar-refractivity contribution in [2.24, 2.45) is 0 Å². The van der Waals surface area contributed by atoms with Crippen molar-refractivity contribution in [3.05, 3.63) is 77.1 Å². The number of hydrogen-bond acceptors (Lipinski definition) is 3. The van der Waals surface area contributed by atoms with E-state index in [0.29, 0.717) is 18.4 Å². The van der Waals surface area contributed by atoms with Crippen molar-refractivity contribution >= 4 is 16.4 Å². The van der Waals surface area contributed by atoms with Gasteiger partial charge >= 0.3 is 0 Å². The molecule has 4 rings (SSSR count). The van der Waals surface area contributed by atoms with Gasteiger partial charge in [-0.05, 0) is 18.2 Å². The first-order chi connectivity index (χ1) is 10.8. The van der Waals surface area contributed by atoms with Crippen LogP contribution in [0.15, 0.2) is 65.8 Å². The molecule has 0 fully saturated rings. The van der Waals surface area contributed by atoms with Gasteiger partial charge in [0.15, 0.2) is 0 Å². The first-order valence-electron chi connectivity index (χ1n) is 7.19. The van der Waals surface area contributed by atoms with Crippen LogP contribution in [0, 0.1) is 0 Å². The number of hydrogen-bond donors (Lipinski definition) is 0. The molecule has 0 aliphatic rings. The summed E-state index contributed by atoms with van der Waals surface area (Å²) in [6, 6.07) is 13.4. The molecule has 5 nitrogen and oxygen atoms in total. The van der Waals surface area contributed by atoms with Crippen LogP contribution < -0.4 is 5.56 Å². The number of pyridine rings is 1. The van der Waals surface area contributed by atoms with Gasteiger partial charge in [-0.1, -0.05) is 24.3 Å². The molecule has 0 N–H and O–H groups in total. The molecule has 5 heteroatoms. The zero-order valence-electron chi connectivity index (χ0n) is 11.9. The maximum Gasteiger partial charge on any atom is 0.274 e. The van der Waals surface area contributed by atoms with E-state index >= 15 is 0 Å². The fourth-order valence-corrected chi connectivity index (χ4v) is 2.62. The van der Waals surface area contributed by atoms with E-state index in [1.54, 1.807) is 6.20 Å². The summed E-state index contributed by atoms with van der Waals surface area (Å²) >= 11 is 0. The standard InChI is InChI=1S/C17H14N4O/c22-17-15-6-2-1-5-13(15)11-18-21(17)10-8-14-12-20-9-4-3-7-16(20)19-14/h1-7,9,11-12H,8,10H2. The minimum absolute atomic E-state index is 0.0538. The van der Waals surface area contributed by atoms with Crippen LogP contribution in [0.25, 0.3) is 16.4 Å². The maximum atomic E-state index is 12.4. The van der Waals surface area contributed by atoms with E-state index in [0.717, 1.165) is 16.7 Å². The summed E-state index contributed by atoms with van der Waals surface area (Å²) in [6.07, 6.45) is 6.36. The summed E-state index contributed by atoms with van der Waals surface area (Å²) in [6.45, 7) is 0.521. The summed E-state index contributed by atoms with van der Waals surface area (Å²) in [5.74, 6) is 0. The Hall–Kier alpha value is -2.95. The van der Waals surface area contributed by atoms with Crippen molar-refractivity contribution < 1.29 is 0 Å². The Morgan fingerprint density at radius 2 is 1.91 bits per heavy atom. The quantitative estimate of drug-likeness (QED) is 0.581. The van der Waals surface area contributed by atoms with Crippen molar-refractivity contribution in [3.63, 3.8) is 0 Å². The minimum atomic E-state index is -0.0538. The van der Waals surface area contributed by atoms with Gasteiger partial charge < -0.3 is 4.40 Å². The average molecular weight is 290 g/mol. The zero-order valence-corrected chi connectivity index (χ0v) is 11.9. The molecule has 22 heavy (non-hydrogen) atoms. The first kappa shape index (κ1) is 12.8. The van der Waals surface area contributed by atoms with Crippen LogP contribution in [0.2, 0.25) is 0 Å². The molecule has 0 bridgehead atoms. The number of fused-ring (bicyclic) bond motifs is 2. The Morgan fingerprint density at radius 3 is 2.82 bits per heavy atom. The molecular formula is C17H14N4O. The van der Waals surface area contributed by atoms with Gasteiger partial charge in [-0.3, -0.25) is 4.79 Å². The van der Waals surface area contributed by atoms with Crippen molar-refractivity contribution in [2.75, 3.05) is 0 Å². The lowest BCUT2D eigenvalue weighted by molar-refractivity contribution is 0.580. The van der Waals surface area contributed by atoms with Gasteiger partial charge in [-0.25, -0.2) is 9.67 Å². The van der Waals surface area contributed by atoms with Gasteiger partial charge in [0, 0.05) is 24.2 Å². The van der Waals surface area contributed by atoms with Crippen LogP contribution in [0.5, 0.6) is 0 Å². The maximum absolute atomic E-state index is 12.4. The Bertz CT molecular complexity index is 983. The molecule has 4 aromatic rings. The summed E-state index contributed by atoms with van der Waals surface area (Å²) in [5.41, 5.74) is 1.81. The second-order valence-electron chi connectivity index (χ2n) is 5.21. The van der Waals surface area contributed by atoms with Crippen LogP contribution in [0.1, 0.15) is 5.69 Å². The van der Waals surface area contributed by atoms with Crippen molar-refractivity contribution in [1.29, 1.82) is 0 Å². The number of imidazole rings is 1. The normalized spacial score (nSPS) is 11.3. The molecule has 0 aliphatic heterocycles. The molecule has 0 aliphatic carbocycles. The topological polar surface area (TPSA) is 52.2 Å². The van der Waals surface area contributed by atoms with Crippen LogP contribution in [-0.2, 0) is 13.0 Å². The molecule has 0 spiro atoms. The second kappa shape index (κ2) is 5.11. The average Bonchev–Trinajstić information content (AvgIpc) is 2.97. The highest BCUT2D eigenvalue weighted by molar-refractivity contribution is 5.80. The summed E-state index contributed by atoms with van der Waals surface area (Å²) in [5, 5.41) is 5.82. The van der Waals surface area contributed by atoms with Crippen molar-refractivity contribution in [2.45, 2.75) is 13.0 Å². The van der Waals surface area contributed by atoms with E-state index in [1.807, 2.05) is 59.3 Å². The van der Waals surface area contributed by atoms with Crippen LogP contribution >= 0.6 is 0 Å². The largest absolute Gasteiger partial charge is 0.307 e. The fraction of sp³-hybridized carbons (Fsp3) is 0.118. The molecule has 108 valence electrons. The van der Waals surface area contributed by atoms with Gasteiger partial charge in [0.05, 0.1) is 23.8 Å². The van der Waals surface area contributed by atoms with Crippen LogP contribution in [0.4, 0.5) is 0 Å². The monoisotopic (exact) mass is 290 g/mol. The SMILES string of the molecule is O=c1c2ccccc2cnn1CCc1cn2ccccc2n1. The summed E-state index contributed by atoms with van der Waals surface area (Å²) < 4.78 is 3.48. The third-order valence-corrected chi connectivity index (χ3v) is 3.76. The lowest BCUT2D eigenvalue weighted by Gasteiger charge is -2.04. The fourth-order valence-electron chi connectivity index (χ4n) is 2.62. The third kappa shape index (κ3) is 2.16. The van der Waals surface area contributed by atoms with Crippen molar-refractivity contribution in [3.8, 4) is 0 Å². The molecule has 0 amide bonds. The number of nitrogens with zero attached hydrogens (tertiary/aromatic N) is 4. The molecule has 0 atom stereocenters. The molecule has 3 heterocycles. The highest BCUT2D eigenvalue weighted by Crippen LogP contribution is 2.08. The predicted molar refractivity (Wildman–Crippen MR) is 84.9 cm³/mol. The number of rotatable bonds is 3. The molecular weight excluding hydrogens is 276 g/mol. The molecule has 0 radical (unpaired) electrons. The van der Waals surface area contributed by atoms with E-state index in [4.69, 9.17) is 0 Å². The highest BCUT2D eigenvalue weighted by atomic mass is 16.1. The lowest BCUT2D eigenvalue weighted by atomic mass is 10.2. The molecule has 1 aromatic carbocycles. The number of aromatic nitrogens is 4. The zero-order chi connectivity index (χ0) is 14.9. The van der Waals surface area contributed by atoms with E-state index in [1.165, 1.54) is 4.68 Å². The van der Waals surface area contributed by atoms with Gasteiger partial charge in [0.1, 0.15) is 5.65 Å². The minimum Gasteiger partial charge on any atom is -0.307 e. The van der Waals surface area contributed by atoms with Gasteiger partial charge in [0.25, 0.3) is 5.56 Å². The highest BCUT2D eigenvalue weighted by Gasteiger charge is 2.05. The first-order valence-corrected chi connectivity index (χ1v) is 7.19. The molecule has 0 saturated heterocycles. The number of benzene rings is 1. The lowest BCUT2D eigenvalue weighted by Crippen LogP contribution is -2.23. The third-order valence-electron chi connectivity index (χ3n) is 3.76. The Balaban J connectivity index is 1.63. The van der Waals surface area contributed by atoms with Gasteiger partial charge in [-0.2, -0.15) is 5.10 Å². The molecule has 0 saturated carbocycles. The van der Waals surface area contributed by atoms with E-state index in [-0.39, 0.29) is 5.56 Å². The van der Waals surface area contributed by atoms with E-state index in [9.17, 15) is 4.79 Å². The Morgan fingerprint density at radius 1 is 1.05 bits per heavy atom. The smallest absolute Gasteiger partial charge is 0.274 e.